The summed E-state index contributed by atoms with van der Waals surface area (Å²) in [4.78, 5) is 32.0. The number of hydrogen-bond acceptors (Lipinski definition) is 6. The first-order valence-corrected chi connectivity index (χ1v) is 8.31. The lowest BCUT2D eigenvalue weighted by Gasteiger charge is -2.04. The van der Waals surface area contributed by atoms with E-state index in [1.54, 1.807) is 36.7 Å². The Balaban J connectivity index is 1.74. The summed E-state index contributed by atoms with van der Waals surface area (Å²) in [6.07, 6.45) is 7.38. The van der Waals surface area contributed by atoms with Crippen LogP contribution in [0.5, 0.6) is 0 Å². The van der Waals surface area contributed by atoms with Crippen LogP contribution in [0.3, 0.4) is 0 Å². The maximum Gasteiger partial charge on any atom is 0.272 e. The van der Waals surface area contributed by atoms with Crippen LogP contribution in [0, 0.1) is 0 Å². The SMILES string of the molecule is O=C(N/N=C(\C=N\NC(=O)c1cccnc1)c1ccccc1)c1cccnc1. The van der Waals surface area contributed by atoms with Crippen molar-refractivity contribution in [1.29, 1.82) is 0 Å². The summed E-state index contributed by atoms with van der Waals surface area (Å²) < 4.78 is 0. The van der Waals surface area contributed by atoms with Crippen molar-refractivity contribution >= 4 is 23.7 Å². The van der Waals surface area contributed by atoms with Crippen LogP contribution in [0.2, 0.25) is 0 Å². The van der Waals surface area contributed by atoms with E-state index < -0.39 is 11.8 Å². The summed E-state index contributed by atoms with van der Waals surface area (Å²) in [6.45, 7) is 0. The predicted octanol–water partition coefficient (Wildman–Crippen LogP) is 2.03. The van der Waals surface area contributed by atoms with Crippen LogP contribution in [0.25, 0.3) is 0 Å². The number of aromatic nitrogens is 2. The smallest absolute Gasteiger partial charge is 0.267 e. The Bertz CT molecular complexity index is 989. The fourth-order valence-corrected chi connectivity index (χ4v) is 2.16. The van der Waals surface area contributed by atoms with Crippen molar-refractivity contribution in [3.8, 4) is 0 Å². The van der Waals surface area contributed by atoms with Gasteiger partial charge in [-0.1, -0.05) is 30.3 Å². The van der Waals surface area contributed by atoms with Crippen molar-refractivity contribution < 1.29 is 9.59 Å². The van der Waals surface area contributed by atoms with Crippen molar-refractivity contribution in [1.82, 2.24) is 20.8 Å². The summed E-state index contributed by atoms with van der Waals surface area (Å²) in [5, 5.41) is 8.04. The van der Waals surface area contributed by atoms with E-state index in [0.717, 1.165) is 0 Å². The van der Waals surface area contributed by atoms with Crippen LogP contribution >= 0.6 is 0 Å². The molecule has 2 heterocycles. The average Bonchev–Trinajstić information content (AvgIpc) is 2.77. The van der Waals surface area contributed by atoms with Gasteiger partial charge in [-0.05, 0) is 24.3 Å². The Morgan fingerprint density at radius 2 is 1.32 bits per heavy atom. The van der Waals surface area contributed by atoms with Crippen LogP contribution < -0.4 is 10.9 Å². The van der Waals surface area contributed by atoms with E-state index in [0.29, 0.717) is 22.4 Å². The monoisotopic (exact) mass is 372 g/mol. The molecule has 0 unspecified atom stereocenters. The first-order chi connectivity index (χ1) is 13.7. The number of amides is 2. The van der Waals surface area contributed by atoms with Crippen molar-refractivity contribution in [2.24, 2.45) is 10.2 Å². The molecule has 0 fully saturated rings. The molecule has 0 bridgehead atoms. The maximum absolute atomic E-state index is 12.2. The largest absolute Gasteiger partial charge is 0.272 e. The van der Waals surface area contributed by atoms with Gasteiger partial charge in [0.25, 0.3) is 11.8 Å². The molecule has 0 aliphatic rings. The van der Waals surface area contributed by atoms with Gasteiger partial charge in [0.15, 0.2) is 0 Å². The highest BCUT2D eigenvalue weighted by Crippen LogP contribution is 2.01. The number of pyridine rings is 2. The standard InChI is InChI=1S/C20H16N6O2/c27-19(16-8-4-10-21-12-16)25-23-14-18(15-6-2-1-3-7-15)24-26-20(28)17-9-5-11-22-13-17/h1-14H,(H,25,27)(H,26,28)/b23-14+,24-18+. The molecule has 2 aromatic heterocycles. The molecule has 1 aromatic carbocycles. The zero-order valence-corrected chi connectivity index (χ0v) is 14.7. The van der Waals surface area contributed by atoms with Crippen LogP contribution in [0.15, 0.2) is 89.6 Å². The zero-order valence-electron chi connectivity index (χ0n) is 14.7. The highest BCUT2D eigenvalue weighted by molar-refractivity contribution is 6.38. The molecule has 2 N–H and O–H groups in total. The lowest BCUT2D eigenvalue weighted by molar-refractivity contribution is 0.0946. The molecule has 138 valence electrons. The van der Waals surface area contributed by atoms with E-state index in [-0.39, 0.29) is 0 Å². The van der Waals surface area contributed by atoms with Gasteiger partial charge in [0.2, 0.25) is 0 Å². The Kier molecular flexibility index (Phi) is 6.30. The topological polar surface area (TPSA) is 109 Å². The molecule has 0 saturated carbocycles. The van der Waals surface area contributed by atoms with Gasteiger partial charge in [-0.25, -0.2) is 10.9 Å². The molecule has 28 heavy (non-hydrogen) atoms. The summed E-state index contributed by atoms with van der Waals surface area (Å²) in [6, 6.07) is 15.7. The Morgan fingerprint density at radius 3 is 1.89 bits per heavy atom. The molecule has 3 rings (SSSR count). The third-order valence-electron chi connectivity index (χ3n) is 3.55. The van der Waals surface area contributed by atoms with E-state index in [9.17, 15) is 9.59 Å². The second kappa shape index (κ2) is 9.48. The van der Waals surface area contributed by atoms with Crippen molar-refractivity contribution in [2.75, 3.05) is 0 Å². The van der Waals surface area contributed by atoms with Crippen LogP contribution in [0.1, 0.15) is 26.3 Å². The fraction of sp³-hybridized carbons (Fsp3) is 0. The van der Waals surface area contributed by atoms with E-state index >= 15 is 0 Å². The molecule has 0 saturated heterocycles. The lowest BCUT2D eigenvalue weighted by atomic mass is 10.1. The fourth-order valence-electron chi connectivity index (χ4n) is 2.16. The quantitative estimate of drug-likeness (QED) is 0.510. The zero-order chi connectivity index (χ0) is 19.6. The van der Waals surface area contributed by atoms with Gasteiger partial charge in [0.1, 0.15) is 5.71 Å². The second-order valence-electron chi connectivity index (χ2n) is 5.49. The molecular formula is C20H16N6O2. The lowest BCUT2D eigenvalue weighted by Crippen LogP contribution is -2.22. The third-order valence-corrected chi connectivity index (χ3v) is 3.55. The minimum absolute atomic E-state index is 0.365. The Morgan fingerprint density at radius 1 is 0.750 bits per heavy atom. The molecule has 0 spiro atoms. The van der Waals surface area contributed by atoms with Gasteiger partial charge in [-0.2, -0.15) is 10.2 Å². The maximum atomic E-state index is 12.2. The molecule has 0 aliphatic carbocycles. The number of benzene rings is 1. The summed E-state index contributed by atoms with van der Waals surface area (Å²) in [7, 11) is 0. The summed E-state index contributed by atoms with van der Waals surface area (Å²) in [5.41, 5.74) is 6.70. The van der Waals surface area contributed by atoms with Gasteiger partial charge in [0, 0.05) is 30.4 Å². The number of nitrogens with zero attached hydrogens (tertiary/aromatic N) is 4. The number of carbonyl (C=O) groups is 2. The van der Waals surface area contributed by atoms with Gasteiger partial charge in [-0.15, -0.1) is 0 Å². The number of hydrazone groups is 2. The molecule has 0 radical (unpaired) electrons. The molecule has 3 aromatic rings. The Labute approximate surface area is 161 Å². The first kappa shape index (κ1) is 18.6. The molecular weight excluding hydrogens is 356 g/mol. The minimum Gasteiger partial charge on any atom is -0.267 e. The first-order valence-electron chi connectivity index (χ1n) is 8.31. The number of rotatable bonds is 6. The number of carbonyl (C=O) groups excluding carboxylic acids is 2. The molecule has 8 heteroatoms. The third kappa shape index (κ3) is 5.15. The number of hydrogen-bond donors (Lipinski definition) is 2. The van der Waals surface area contributed by atoms with Gasteiger partial charge >= 0.3 is 0 Å². The van der Waals surface area contributed by atoms with Gasteiger partial charge < -0.3 is 0 Å². The van der Waals surface area contributed by atoms with E-state index in [1.807, 2.05) is 30.3 Å². The van der Waals surface area contributed by atoms with E-state index in [1.165, 1.54) is 18.6 Å². The summed E-state index contributed by atoms with van der Waals surface area (Å²) >= 11 is 0. The van der Waals surface area contributed by atoms with Gasteiger partial charge in [-0.3, -0.25) is 19.6 Å². The van der Waals surface area contributed by atoms with E-state index in [4.69, 9.17) is 0 Å². The molecule has 0 aliphatic heterocycles. The number of nitrogens with one attached hydrogen (secondary N) is 2. The predicted molar refractivity (Wildman–Crippen MR) is 105 cm³/mol. The van der Waals surface area contributed by atoms with Crippen LogP contribution in [-0.4, -0.2) is 33.7 Å². The average molecular weight is 372 g/mol. The summed E-state index contributed by atoms with van der Waals surface area (Å²) in [5.74, 6) is -0.814. The van der Waals surface area contributed by atoms with Crippen molar-refractivity contribution in [2.45, 2.75) is 0 Å². The molecule has 2 amide bonds. The van der Waals surface area contributed by atoms with Gasteiger partial charge in [0.05, 0.1) is 17.3 Å². The van der Waals surface area contributed by atoms with E-state index in [2.05, 4.69) is 31.0 Å². The minimum atomic E-state index is -0.408. The normalized spacial score (nSPS) is 11.2. The highest BCUT2D eigenvalue weighted by atomic mass is 16.2. The van der Waals surface area contributed by atoms with Crippen molar-refractivity contribution in [3.63, 3.8) is 0 Å². The highest BCUT2D eigenvalue weighted by Gasteiger charge is 2.07. The molecule has 0 atom stereocenters. The van der Waals surface area contributed by atoms with Crippen LogP contribution in [0.4, 0.5) is 0 Å². The van der Waals surface area contributed by atoms with Crippen LogP contribution in [-0.2, 0) is 0 Å². The Hall–Kier alpha value is -4.20. The van der Waals surface area contributed by atoms with Crippen molar-refractivity contribution in [3.05, 3.63) is 96.1 Å². The molecule has 8 nitrogen and oxygen atoms in total. The second-order valence-corrected chi connectivity index (χ2v) is 5.49.